The fraction of sp³-hybridized carbons (Fsp3) is 0.400. The first-order chi connectivity index (χ1) is 14.5. The number of aryl methyl sites for hydroxylation is 1. The zero-order chi connectivity index (χ0) is 21.3. The van der Waals surface area contributed by atoms with Crippen LogP contribution in [0.4, 0.5) is 0 Å². The van der Waals surface area contributed by atoms with Crippen molar-refractivity contribution in [1.29, 1.82) is 0 Å². The fourth-order valence-electron chi connectivity index (χ4n) is 5.88. The Morgan fingerprint density at radius 2 is 1.93 bits per heavy atom. The van der Waals surface area contributed by atoms with Crippen molar-refractivity contribution in [1.82, 2.24) is 0 Å². The lowest BCUT2D eigenvalue weighted by Crippen LogP contribution is -2.31. The van der Waals surface area contributed by atoms with Crippen LogP contribution in [0.5, 0.6) is 0 Å². The standard InChI is InChI=1S/C30H36/c1-6-10-20(3)28-21(4)17-27-19-26(18-24-11-8-9-12-24)22(5)29(27)30(28)25-15-13-23(7-2)14-16-25/h8-9,11,13-18,21,28-30H,3,5-7,10,12,19H2,1-2,4H3/b26-18-. The highest BCUT2D eigenvalue weighted by Crippen LogP contribution is 2.56. The molecular formula is C30H36. The van der Waals surface area contributed by atoms with E-state index in [1.54, 1.807) is 5.57 Å². The van der Waals surface area contributed by atoms with Crippen LogP contribution in [-0.2, 0) is 6.42 Å². The topological polar surface area (TPSA) is 0 Å². The van der Waals surface area contributed by atoms with E-state index in [0.717, 1.165) is 32.1 Å². The van der Waals surface area contributed by atoms with Crippen LogP contribution in [0.3, 0.4) is 0 Å². The number of fused-ring (bicyclic) bond motifs is 1. The van der Waals surface area contributed by atoms with Crippen molar-refractivity contribution < 1.29 is 0 Å². The largest absolute Gasteiger partial charge is 0.0995 e. The van der Waals surface area contributed by atoms with Crippen molar-refractivity contribution in [2.24, 2.45) is 17.8 Å². The van der Waals surface area contributed by atoms with Crippen LogP contribution in [0.15, 0.2) is 95.7 Å². The second-order valence-corrected chi connectivity index (χ2v) is 9.38. The molecule has 1 fully saturated rings. The highest BCUT2D eigenvalue weighted by atomic mass is 14.5. The van der Waals surface area contributed by atoms with Gasteiger partial charge in [0.25, 0.3) is 0 Å². The van der Waals surface area contributed by atoms with Crippen LogP contribution < -0.4 is 0 Å². The first kappa shape index (κ1) is 20.9. The summed E-state index contributed by atoms with van der Waals surface area (Å²) in [7, 11) is 0. The SMILES string of the molecule is C=C1/C(=C\C2=CC=CC2)CC2=CC(C)C(C(=C)CCC)C(c3ccc(CC)cc3)C12. The highest BCUT2D eigenvalue weighted by molar-refractivity contribution is 5.54. The van der Waals surface area contributed by atoms with Crippen LogP contribution in [0, 0.1) is 17.8 Å². The van der Waals surface area contributed by atoms with Gasteiger partial charge >= 0.3 is 0 Å². The summed E-state index contributed by atoms with van der Waals surface area (Å²) in [6.07, 6.45) is 17.1. The Hall–Kier alpha value is -2.34. The Labute approximate surface area is 183 Å². The van der Waals surface area contributed by atoms with Crippen LogP contribution in [0.25, 0.3) is 0 Å². The van der Waals surface area contributed by atoms with Crippen molar-refractivity contribution in [2.45, 2.75) is 58.8 Å². The molecule has 4 unspecified atom stereocenters. The van der Waals surface area contributed by atoms with Gasteiger partial charge in [-0.25, -0.2) is 0 Å². The van der Waals surface area contributed by atoms with Crippen LogP contribution >= 0.6 is 0 Å². The van der Waals surface area contributed by atoms with Gasteiger partial charge in [-0.3, -0.25) is 0 Å². The maximum Gasteiger partial charge on any atom is 0.0123 e. The molecule has 3 aliphatic rings. The summed E-state index contributed by atoms with van der Waals surface area (Å²) in [5.41, 5.74) is 10.0. The van der Waals surface area contributed by atoms with Gasteiger partial charge < -0.3 is 0 Å². The first-order valence-corrected chi connectivity index (χ1v) is 11.8. The molecule has 0 nitrogen and oxygen atoms in total. The molecule has 0 N–H and O–H groups in total. The number of hydrogen-bond donors (Lipinski definition) is 0. The van der Waals surface area contributed by atoms with E-state index >= 15 is 0 Å². The number of rotatable bonds is 6. The molecule has 0 radical (unpaired) electrons. The second-order valence-electron chi connectivity index (χ2n) is 9.38. The summed E-state index contributed by atoms with van der Waals surface area (Å²) in [5, 5.41) is 0. The molecule has 1 saturated carbocycles. The minimum Gasteiger partial charge on any atom is -0.0995 e. The smallest absolute Gasteiger partial charge is 0.0123 e. The highest BCUT2D eigenvalue weighted by Gasteiger charge is 2.45. The molecule has 0 bridgehead atoms. The Bertz CT molecular complexity index is 944. The Morgan fingerprint density at radius 1 is 1.17 bits per heavy atom. The molecular weight excluding hydrogens is 360 g/mol. The summed E-state index contributed by atoms with van der Waals surface area (Å²) < 4.78 is 0. The predicted octanol–water partition coefficient (Wildman–Crippen LogP) is 8.27. The van der Waals surface area contributed by atoms with Crippen LogP contribution in [0.1, 0.15) is 63.5 Å². The van der Waals surface area contributed by atoms with Gasteiger partial charge in [-0.2, -0.15) is 0 Å². The molecule has 4 atom stereocenters. The zero-order valence-corrected chi connectivity index (χ0v) is 19.0. The van der Waals surface area contributed by atoms with E-state index in [1.807, 2.05) is 0 Å². The predicted molar refractivity (Wildman–Crippen MR) is 131 cm³/mol. The Morgan fingerprint density at radius 3 is 2.57 bits per heavy atom. The quantitative estimate of drug-likeness (QED) is 0.424. The normalized spacial score (nSPS) is 29.2. The molecule has 0 aliphatic heterocycles. The maximum absolute atomic E-state index is 4.65. The minimum absolute atomic E-state index is 0.411. The van der Waals surface area contributed by atoms with Gasteiger partial charge in [0, 0.05) is 11.8 Å². The van der Waals surface area contributed by atoms with Gasteiger partial charge in [0.05, 0.1) is 0 Å². The molecule has 4 rings (SSSR count). The lowest BCUT2D eigenvalue weighted by molar-refractivity contribution is 0.322. The minimum atomic E-state index is 0.411. The van der Waals surface area contributed by atoms with Gasteiger partial charge in [0.15, 0.2) is 0 Å². The van der Waals surface area contributed by atoms with E-state index in [1.165, 1.54) is 33.4 Å². The molecule has 1 aromatic carbocycles. The molecule has 0 saturated heterocycles. The van der Waals surface area contributed by atoms with Crippen LogP contribution in [0.2, 0.25) is 0 Å². The van der Waals surface area contributed by atoms with Crippen molar-refractivity contribution in [3.63, 3.8) is 0 Å². The molecule has 0 heterocycles. The van der Waals surface area contributed by atoms with E-state index in [4.69, 9.17) is 0 Å². The number of benzene rings is 1. The summed E-state index contributed by atoms with van der Waals surface area (Å²) in [5.74, 6) is 1.85. The third-order valence-corrected chi connectivity index (χ3v) is 7.35. The van der Waals surface area contributed by atoms with E-state index in [2.05, 4.69) is 88.6 Å². The monoisotopic (exact) mass is 396 g/mol. The molecule has 30 heavy (non-hydrogen) atoms. The molecule has 0 spiro atoms. The Balaban J connectivity index is 1.76. The van der Waals surface area contributed by atoms with E-state index in [9.17, 15) is 0 Å². The summed E-state index contributed by atoms with van der Waals surface area (Å²) in [6, 6.07) is 9.40. The van der Waals surface area contributed by atoms with Gasteiger partial charge in [-0.1, -0.05) is 106 Å². The summed E-state index contributed by atoms with van der Waals surface area (Å²) >= 11 is 0. The molecule has 3 aliphatic carbocycles. The lowest BCUT2D eigenvalue weighted by atomic mass is 9.62. The fourth-order valence-corrected chi connectivity index (χ4v) is 5.88. The molecule has 1 aromatic rings. The van der Waals surface area contributed by atoms with E-state index < -0.39 is 0 Å². The number of hydrogen-bond acceptors (Lipinski definition) is 0. The van der Waals surface area contributed by atoms with Gasteiger partial charge in [-0.15, -0.1) is 0 Å². The summed E-state index contributed by atoms with van der Waals surface area (Å²) in [4.78, 5) is 0. The molecule has 156 valence electrons. The molecule has 0 aromatic heterocycles. The lowest BCUT2D eigenvalue weighted by Gasteiger charge is -2.41. The van der Waals surface area contributed by atoms with Crippen LogP contribution in [-0.4, -0.2) is 0 Å². The van der Waals surface area contributed by atoms with Crippen molar-refractivity contribution in [3.8, 4) is 0 Å². The summed E-state index contributed by atoms with van der Waals surface area (Å²) in [6.45, 7) is 16.1. The average Bonchev–Trinajstić information content (AvgIpc) is 3.36. The van der Waals surface area contributed by atoms with Gasteiger partial charge in [0.1, 0.15) is 0 Å². The molecule has 0 amide bonds. The van der Waals surface area contributed by atoms with Crippen molar-refractivity contribution in [3.05, 3.63) is 107 Å². The second kappa shape index (κ2) is 8.80. The van der Waals surface area contributed by atoms with Crippen molar-refractivity contribution >= 4 is 0 Å². The van der Waals surface area contributed by atoms with E-state index in [-0.39, 0.29) is 0 Å². The molecule has 0 heteroatoms. The van der Waals surface area contributed by atoms with E-state index in [0.29, 0.717) is 23.7 Å². The number of allylic oxidation sites excluding steroid dienone is 10. The zero-order valence-electron chi connectivity index (χ0n) is 19.0. The Kier molecular flexibility index (Phi) is 6.14. The van der Waals surface area contributed by atoms with Gasteiger partial charge in [-0.05, 0) is 65.4 Å². The first-order valence-electron chi connectivity index (χ1n) is 11.8. The van der Waals surface area contributed by atoms with Gasteiger partial charge in [0.2, 0.25) is 0 Å². The third kappa shape index (κ3) is 3.85. The van der Waals surface area contributed by atoms with Crippen molar-refractivity contribution in [2.75, 3.05) is 0 Å². The third-order valence-electron chi connectivity index (χ3n) is 7.35. The maximum atomic E-state index is 4.65. The average molecular weight is 397 g/mol.